The third-order valence-corrected chi connectivity index (χ3v) is 2.64. The quantitative estimate of drug-likeness (QED) is 0.737. The average Bonchev–Trinajstić information content (AvgIpc) is 2.37. The normalized spacial score (nSPS) is 10.4. The zero-order valence-electron chi connectivity index (χ0n) is 11.8. The van der Waals surface area contributed by atoms with Gasteiger partial charge in [-0.05, 0) is 20.2 Å². The molecule has 0 bridgehead atoms. The number of carbonyl (C=O) groups excluding carboxylic acids is 1. The van der Waals surface area contributed by atoms with Crippen molar-refractivity contribution in [1.82, 2.24) is 10.2 Å². The van der Waals surface area contributed by atoms with Crippen molar-refractivity contribution in [2.24, 2.45) is 0 Å². The number of rotatable bonds is 6. The van der Waals surface area contributed by atoms with Crippen molar-refractivity contribution in [2.45, 2.75) is 0 Å². The summed E-state index contributed by atoms with van der Waals surface area (Å²) in [6.45, 7) is 1.32. The fourth-order valence-electron chi connectivity index (χ4n) is 1.59. The van der Waals surface area contributed by atoms with Crippen LogP contribution in [0.2, 0.25) is 0 Å². The largest absolute Gasteiger partial charge is 0.496 e. The Hall–Kier alpha value is -1.95. The smallest absolute Gasteiger partial charge is 0.255 e. The fraction of sp³-hybridized carbons (Fsp3) is 0.462. The minimum Gasteiger partial charge on any atom is -0.496 e. The van der Waals surface area contributed by atoms with E-state index in [0.29, 0.717) is 29.3 Å². The third-order valence-electron chi connectivity index (χ3n) is 2.64. The summed E-state index contributed by atoms with van der Waals surface area (Å²) in [6, 6.07) is 3.17. The number of anilines is 1. The van der Waals surface area contributed by atoms with Gasteiger partial charge in [0.25, 0.3) is 5.91 Å². The summed E-state index contributed by atoms with van der Waals surface area (Å²) in [7, 11) is 6.89. The third kappa shape index (κ3) is 4.03. The molecule has 19 heavy (non-hydrogen) atoms. The highest BCUT2D eigenvalue weighted by atomic mass is 16.5. The molecule has 1 aromatic rings. The van der Waals surface area contributed by atoms with Gasteiger partial charge in [0.15, 0.2) is 0 Å². The summed E-state index contributed by atoms with van der Waals surface area (Å²) >= 11 is 0. The van der Waals surface area contributed by atoms with Crippen LogP contribution in [0.1, 0.15) is 10.4 Å². The molecule has 0 saturated carbocycles. The van der Waals surface area contributed by atoms with Crippen LogP contribution in [0.15, 0.2) is 12.1 Å². The van der Waals surface area contributed by atoms with E-state index in [-0.39, 0.29) is 5.91 Å². The van der Waals surface area contributed by atoms with Gasteiger partial charge in [0.1, 0.15) is 11.5 Å². The predicted molar refractivity (Wildman–Crippen MR) is 74.8 cm³/mol. The monoisotopic (exact) mass is 267 g/mol. The van der Waals surface area contributed by atoms with Crippen molar-refractivity contribution in [1.29, 1.82) is 0 Å². The SMILES string of the molecule is COc1cc(C(=O)NCCN(C)C)c(OC)cc1N. The average molecular weight is 267 g/mol. The molecule has 0 unspecified atom stereocenters. The minimum absolute atomic E-state index is 0.211. The molecule has 1 rings (SSSR count). The predicted octanol–water partition coefficient (Wildman–Crippen LogP) is 0.577. The Balaban J connectivity index is 2.88. The Kier molecular flexibility index (Phi) is 5.44. The molecule has 0 aliphatic rings. The second kappa shape index (κ2) is 6.84. The molecule has 6 heteroatoms. The molecule has 106 valence electrons. The molecule has 6 nitrogen and oxygen atoms in total. The van der Waals surface area contributed by atoms with E-state index in [1.807, 2.05) is 19.0 Å². The number of hydrogen-bond acceptors (Lipinski definition) is 5. The van der Waals surface area contributed by atoms with Crippen LogP contribution >= 0.6 is 0 Å². The zero-order valence-corrected chi connectivity index (χ0v) is 11.8. The van der Waals surface area contributed by atoms with E-state index >= 15 is 0 Å². The van der Waals surface area contributed by atoms with Gasteiger partial charge in [-0.2, -0.15) is 0 Å². The van der Waals surface area contributed by atoms with Crippen molar-refractivity contribution in [3.63, 3.8) is 0 Å². The van der Waals surface area contributed by atoms with Crippen LogP contribution in [0.3, 0.4) is 0 Å². The molecule has 0 aromatic heterocycles. The molecular formula is C13H21N3O3. The Morgan fingerprint density at radius 1 is 1.26 bits per heavy atom. The number of amides is 1. The topological polar surface area (TPSA) is 76.8 Å². The maximum Gasteiger partial charge on any atom is 0.255 e. The molecule has 0 fully saturated rings. The molecule has 0 atom stereocenters. The van der Waals surface area contributed by atoms with Crippen molar-refractivity contribution >= 4 is 11.6 Å². The Bertz CT molecular complexity index is 447. The van der Waals surface area contributed by atoms with E-state index in [0.717, 1.165) is 6.54 Å². The lowest BCUT2D eigenvalue weighted by atomic mass is 10.1. The molecule has 1 aromatic carbocycles. The molecule has 0 aliphatic carbocycles. The van der Waals surface area contributed by atoms with Gasteiger partial charge in [0, 0.05) is 19.2 Å². The minimum atomic E-state index is -0.211. The van der Waals surface area contributed by atoms with Crippen molar-refractivity contribution in [2.75, 3.05) is 47.1 Å². The lowest BCUT2D eigenvalue weighted by Gasteiger charge is -2.14. The first-order valence-electron chi connectivity index (χ1n) is 5.94. The van der Waals surface area contributed by atoms with Gasteiger partial charge in [0.05, 0.1) is 25.5 Å². The van der Waals surface area contributed by atoms with Crippen LogP contribution < -0.4 is 20.5 Å². The first-order valence-corrected chi connectivity index (χ1v) is 5.94. The van der Waals surface area contributed by atoms with Crippen molar-refractivity contribution in [3.05, 3.63) is 17.7 Å². The summed E-state index contributed by atoms with van der Waals surface area (Å²) in [5.41, 5.74) is 6.62. The summed E-state index contributed by atoms with van der Waals surface area (Å²) in [4.78, 5) is 14.1. The van der Waals surface area contributed by atoms with Crippen LogP contribution in [-0.4, -0.2) is 52.2 Å². The maximum absolute atomic E-state index is 12.1. The highest BCUT2D eigenvalue weighted by Gasteiger charge is 2.15. The Morgan fingerprint density at radius 2 is 1.89 bits per heavy atom. The molecule has 0 spiro atoms. The van der Waals surface area contributed by atoms with E-state index in [1.54, 1.807) is 12.1 Å². The van der Waals surface area contributed by atoms with Crippen molar-refractivity contribution < 1.29 is 14.3 Å². The van der Waals surface area contributed by atoms with Crippen LogP contribution in [0, 0.1) is 0 Å². The summed E-state index contributed by atoms with van der Waals surface area (Å²) in [5, 5.41) is 2.82. The highest BCUT2D eigenvalue weighted by Crippen LogP contribution is 2.30. The van der Waals surface area contributed by atoms with Crippen LogP contribution in [-0.2, 0) is 0 Å². The number of methoxy groups -OCH3 is 2. The van der Waals surface area contributed by atoms with Gasteiger partial charge in [-0.25, -0.2) is 0 Å². The number of carbonyl (C=O) groups is 1. The van der Waals surface area contributed by atoms with E-state index in [9.17, 15) is 4.79 Å². The molecular weight excluding hydrogens is 246 g/mol. The molecule has 0 radical (unpaired) electrons. The second-order valence-corrected chi connectivity index (χ2v) is 4.35. The number of nitrogens with one attached hydrogen (secondary N) is 1. The van der Waals surface area contributed by atoms with E-state index in [1.165, 1.54) is 14.2 Å². The summed E-state index contributed by atoms with van der Waals surface area (Å²) in [6.07, 6.45) is 0. The summed E-state index contributed by atoms with van der Waals surface area (Å²) < 4.78 is 10.3. The number of benzene rings is 1. The van der Waals surface area contributed by atoms with E-state index in [4.69, 9.17) is 15.2 Å². The number of nitrogens with zero attached hydrogens (tertiary/aromatic N) is 1. The standard InChI is InChI=1S/C13H21N3O3/c1-16(2)6-5-15-13(17)9-7-12(19-4)10(14)8-11(9)18-3/h7-8H,5-6,14H2,1-4H3,(H,15,17). The highest BCUT2D eigenvalue weighted by molar-refractivity contribution is 5.98. The van der Waals surface area contributed by atoms with Gasteiger partial charge in [-0.1, -0.05) is 0 Å². The van der Waals surface area contributed by atoms with E-state index < -0.39 is 0 Å². The van der Waals surface area contributed by atoms with Crippen LogP contribution in [0.25, 0.3) is 0 Å². The van der Waals surface area contributed by atoms with E-state index in [2.05, 4.69) is 5.32 Å². The number of likely N-dealkylation sites (N-methyl/N-ethyl adjacent to an activating group) is 1. The zero-order chi connectivity index (χ0) is 14.4. The fourth-order valence-corrected chi connectivity index (χ4v) is 1.59. The second-order valence-electron chi connectivity index (χ2n) is 4.35. The lowest BCUT2D eigenvalue weighted by molar-refractivity contribution is 0.0947. The number of hydrogen-bond donors (Lipinski definition) is 2. The summed E-state index contributed by atoms with van der Waals surface area (Å²) in [5.74, 6) is 0.677. The molecule has 0 heterocycles. The van der Waals surface area contributed by atoms with Crippen molar-refractivity contribution in [3.8, 4) is 11.5 Å². The molecule has 0 saturated heterocycles. The maximum atomic E-state index is 12.1. The number of nitrogens with two attached hydrogens (primary N) is 1. The number of nitrogen functional groups attached to an aromatic ring is 1. The van der Waals surface area contributed by atoms with Crippen LogP contribution in [0.5, 0.6) is 11.5 Å². The lowest BCUT2D eigenvalue weighted by Crippen LogP contribution is -2.31. The van der Waals surface area contributed by atoms with Gasteiger partial charge in [0.2, 0.25) is 0 Å². The molecule has 1 amide bonds. The first-order chi connectivity index (χ1) is 8.99. The first kappa shape index (κ1) is 15.1. The van der Waals surface area contributed by atoms with Gasteiger partial charge >= 0.3 is 0 Å². The van der Waals surface area contributed by atoms with Gasteiger partial charge < -0.3 is 25.4 Å². The molecule has 0 aliphatic heterocycles. The number of ether oxygens (including phenoxy) is 2. The van der Waals surface area contributed by atoms with Gasteiger partial charge in [-0.3, -0.25) is 4.79 Å². The van der Waals surface area contributed by atoms with Crippen LogP contribution in [0.4, 0.5) is 5.69 Å². The van der Waals surface area contributed by atoms with Gasteiger partial charge in [-0.15, -0.1) is 0 Å². The molecule has 3 N–H and O–H groups in total. The Labute approximate surface area is 113 Å². The Morgan fingerprint density at radius 3 is 2.42 bits per heavy atom.